The van der Waals surface area contributed by atoms with Crippen molar-refractivity contribution in [3.05, 3.63) is 0 Å². The molecule has 1 unspecified atom stereocenters. The second-order valence-electron chi connectivity index (χ2n) is 5.65. The average molecular weight is 267 g/mol. The summed E-state index contributed by atoms with van der Waals surface area (Å²) in [4.78, 5) is 28.0. The molecule has 0 aromatic carbocycles. The number of nitrogens with two attached hydrogens (primary N) is 1. The normalized spacial score (nSPS) is 21.4. The van der Waals surface area contributed by atoms with Gasteiger partial charge in [-0.3, -0.25) is 9.59 Å². The van der Waals surface area contributed by atoms with Crippen molar-refractivity contribution in [1.29, 1.82) is 0 Å². The van der Waals surface area contributed by atoms with Gasteiger partial charge < -0.3 is 15.5 Å². The molecule has 0 spiro atoms. The summed E-state index contributed by atoms with van der Waals surface area (Å²) in [6.07, 6.45) is 3.93. The Kier molecular flexibility index (Phi) is 4.80. The fourth-order valence-electron chi connectivity index (χ4n) is 2.68. The quantitative estimate of drug-likeness (QED) is 0.786. The van der Waals surface area contributed by atoms with E-state index in [2.05, 4.69) is 6.92 Å². The van der Waals surface area contributed by atoms with Gasteiger partial charge in [-0.05, 0) is 19.3 Å². The summed E-state index contributed by atoms with van der Waals surface area (Å²) in [6.45, 7) is 5.19. The van der Waals surface area contributed by atoms with Crippen LogP contribution in [0.15, 0.2) is 0 Å². The van der Waals surface area contributed by atoms with Crippen molar-refractivity contribution in [3.63, 3.8) is 0 Å². The van der Waals surface area contributed by atoms with Crippen molar-refractivity contribution in [1.82, 2.24) is 9.80 Å². The third-order valence-electron chi connectivity index (χ3n) is 4.10. The minimum atomic E-state index is -0.0457. The average Bonchev–Trinajstić information content (AvgIpc) is 3.28. The molecule has 2 N–H and O–H groups in total. The summed E-state index contributed by atoms with van der Waals surface area (Å²) >= 11 is 0. The van der Waals surface area contributed by atoms with Gasteiger partial charge in [-0.25, -0.2) is 0 Å². The Morgan fingerprint density at radius 1 is 1.16 bits per heavy atom. The molecule has 5 nitrogen and oxygen atoms in total. The van der Waals surface area contributed by atoms with Gasteiger partial charge in [-0.2, -0.15) is 0 Å². The second kappa shape index (κ2) is 6.37. The van der Waals surface area contributed by atoms with Crippen LogP contribution in [0.5, 0.6) is 0 Å². The molecule has 1 aliphatic carbocycles. The van der Waals surface area contributed by atoms with Crippen molar-refractivity contribution in [2.24, 2.45) is 17.6 Å². The van der Waals surface area contributed by atoms with Crippen LogP contribution in [-0.2, 0) is 9.59 Å². The Hall–Kier alpha value is -1.10. The van der Waals surface area contributed by atoms with Crippen LogP contribution in [0.2, 0.25) is 0 Å². The maximum Gasteiger partial charge on any atom is 0.227 e. The Bertz CT molecular complexity index is 334. The van der Waals surface area contributed by atoms with Crippen molar-refractivity contribution >= 4 is 11.8 Å². The van der Waals surface area contributed by atoms with Crippen LogP contribution in [0.4, 0.5) is 0 Å². The molecule has 19 heavy (non-hydrogen) atoms. The van der Waals surface area contributed by atoms with Gasteiger partial charge in [0.2, 0.25) is 11.8 Å². The number of hydrogen-bond donors (Lipinski definition) is 1. The highest BCUT2D eigenvalue weighted by molar-refractivity contribution is 5.82. The zero-order valence-corrected chi connectivity index (χ0v) is 11.8. The molecule has 2 rings (SSSR count). The van der Waals surface area contributed by atoms with E-state index in [1.54, 1.807) is 0 Å². The molecule has 1 atom stereocenters. The summed E-state index contributed by atoms with van der Waals surface area (Å²) in [6, 6.07) is 0. The van der Waals surface area contributed by atoms with Crippen LogP contribution in [0.3, 0.4) is 0 Å². The molecule has 2 aliphatic rings. The maximum absolute atomic E-state index is 12.3. The van der Waals surface area contributed by atoms with Gasteiger partial charge in [0.1, 0.15) is 0 Å². The first-order chi connectivity index (χ1) is 9.17. The van der Waals surface area contributed by atoms with Gasteiger partial charge in [0.15, 0.2) is 0 Å². The molecule has 0 aromatic heterocycles. The number of amides is 2. The van der Waals surface area contributed by atoms with Crippen LogP contribution in [0.1, 0.15) is 32.6 Å². The van der Waals surface area contributed by atoms with Gasteiger partial charge in [0.25, 0.3) is 0 Å². The van der Waals surface area contributed by atoms with Gasteiger partial charge in [-0.15, -0.1) is 0 Å². The Labute approximate surface area is 115 Å². The molecular formula is C14H25N3O2. The predicted molar refractivity (Wildman–Crippen MR) is 73.3 cm³/mol. The molecule has 0 radical (unpaired) electrons. The molecule has 1 heterocycles. The highest BCUT2D eigenvalue weighted by Gasteiger charge is 2.35. The highest BCUT2D eigenvalue weighted by Crippen LogP contribution is 2.31. The van der Waals surface area contributed by atoms with E-state index in [9.17, 15) is 9.59 Å². The van der Waals surface area contributed by atoms with Crippen LogP contribution in [0.25, 0.3) is 0 Å². The van der Waals surface area contributed by atoms with Gasteiger partial charge in [0.05, 0.1) is 5.92 Å². The molecule has 108 valence electrons. The minimum absolute atomic E-state index is 0.0457. The minimum Gasteiger partial charge on any atom is -0.339 e. The maximum atomic E-state index is 12.3. The number of hydrogen-bond acceptors (Lipinski definition) is 3. The standard InChI is InChI=1S/C14H25N3O2/c1-2-3-12(10-15)14(19)17-8-6-16(7-9-17)13(18)11-4-5-11/h11-12H,2-10,15H2,1H3. The summed E-state index contributed by atoms with van der Waals surface area (Å²) in [5, 5.41) is 0. The number of nitrogens with zero attached hydrogens (tertiary/aromatic N) is 2. The van der Waals surface area contributed by atoms with E-state index in [0.29, 0.717) is 32.7 Å². The zero-order chi connectivity index (χ0) is 13.8. The lowest BCUT2D eigenvalue weighted by atomic mass is 10.0. The van der Waals surface area contributed by atoms with E-state index < -0.39 is 0 Å². The molecular weight excluding hydrogens is 242 g/mol. The second-order valence-corrected chi connectivity index (χ2v) is 5.65. The summed E-state index contributed by atoms with van der Waals surface area (Å²) < 4.78 is 0. The number of carbonyl (C=O) groups is 2. The van der Waals surface area contributed by atoms with Crippen molar-refractivity contribution < 1.29 is 9.59 Å². The number of rotatable bonds is 5. The SMILES string of the molecule is CCCC(CN)C(=O)N1CCN(C(=O)C2CC2)CC1. The van der Waals surface area contributed by atoms with E-state index in [1.807, 2.05) is 9.80 Å². The number of piperazine rings is 1. The van der Waals surface area contributed by atoms with Crippen molar-refractivity contribution in [2.75, 3.05) is 32.7 Å². The van der Waals surface area contributed by atoms with Crippen LogP contribution in [-0.4, -0.2) is 54.3 Å². The molecule has 5 heteroatoms. The summed E-state index contributed by atoms with van der Waals surface area (Å²) in [7, 11) is 0. The third kappa shape index (κ3) is 3.47. The molecule has 0 aromatic rings. The molecule has 2 fully saturated rings. The first kappa shape index (κ1) is 14.3. The lowest BCUT2D eigenvalue weighted by Gasteiger charge is -2.36. The first-order valence-electron chi connectivity index (χ1n) is 7.45. The monoisotopic (exact) mass is 267 g/mol. The Balaban J connectivity index is 1.81. The third-order valence-corrected chi connectivity index (χ3v) is 4.10. The Morgan fingerprint density at radius 2 is 1.74 bits per heavy atom. The largest absolute Gasteiger partial charge is 0.339 e. The van der Waals surface area contributed by atoms with Crippen LogP contribution >= 0.6 is 0 Å². The number of carbonyl (C=O) groups excluding carboxylic acids is 2. The Morgan fingerprint density at radius 3 is 2.21 bits per heavy atom. The molecule has 0 bridgehead atoms. The van der Waals surface area contributed by atoms with Gasteiger partial charge in [-0.1, -0.05) is 13.3 Å². The van der Waals surface area contributed by atoms with E-state index in [1.165, 1.54) is 0 Å². The summed E-state index contributed by atoms with van der Waals surface area (Å²) in [5.74, 6) is 0.689. The first-order valence-corrected chi connectivity index (χ1v) is 7.45. The topological polar surface area (TPSA) is 66.6 Å². The van der Waals surface area contributed by atoms with Crippen LogP contribution in [0, 0.1) is 11.8 Å². The summed E-state index contributed by atoms with van der Waals surface area (Å²) in [5.41, 5.74) is 5.68. The van der Waals surface area contributed by atoms with Crippen molar-refractivity contribution in [3.8, 4) is 0 Å². The zero-order valence-electron chi connectivity index (χ0n) is 11.8. The molecule has 2 amide bonds. The molecule has 1 saturated heterocycles. The lowest BCUT2D eigenvalue weighted by molar-refractivity contribution is -0.142. The van der Waals surface area contributed by atoms with E-state index >= 15 is 0 Å². The predicted octanol–water partition coefficient (Wildman–Crippen LogP) is 0.442. The smallest absolute Gasteiger partial charge is 0.227 e. The van der Waals surface area contributed by atoms with Gasteiger partial charge in [0, 0.05) is 38.6 Å². The molecule has 1 saturated carbocycles. The lowest BCUT2D eigenvalue weighted by Crippen LogP contribution is -2.53. The van der Waals surface area contributed by atoms with Crippen LogP contribution < -0.4 is 5.73 Å². The van der Waals surface area contributed by atoms with E-state index in [0.717, 1.165) is 25.7 Å². The van der Waals surface area contributed by atoms with Crippen molar-refractivity contribution in [2.45, 2.75) is 32.6 Å². The fraction of sp³-hybridized carbons (Fsp3) is 0.857. The van der Waals surface area contributed by atoms with E-state index in [-0.39, 0.29) is 23.7 Å². The highest BCUT2D eigenvalue weighted by atomic mass is 16.2. The van der Waals surface area contributed by atoms with E-state index in [4.69, 9.17) is 5.73 Å². The fourth-order valence-corrected chi connectivity index (χ4v) is 2.68. The van der Waals surface area contributed by atoms with Gasteiger partial charge >= 0.3 is 0 Å². The molecule has 1 aliphatic heterocycles.